The molecule has 0 atom stereocenters. The van der Waals surface area contributed by atoms with E-state index in [2.05, 4.69) is 49.4 Å². The van der Waals surface area contributed by atoms with E-state index >= 15 is 0 Å². The van der Waals surface area contributed by atoms with Crippen LogP contribution in [0.3, 0.4) is 0 Å². The van der Waals surface area contributed by atoms with Gasteiger partial charge in [-0.25, -0.2) is 0 Å². The summed E-state index contributed by atoms with van der Waals surface area (Å²) in [5.74, 6) is 0. The van der Waals surface area contributed by atoms with Crippen molar-refractivity contribution in [3.05, 3.63) is 48.0 Å². The van der Waals surface area contributed by atoms with Crippen molar-refractivity contribution in [2.45, 2.75) is 6.92 Å². The van der Waals surface area contributed by atoms with Crippen molar-refractivity contribution >= 4 is 34.7 Å². The SMILES string of the molecule is Cc1ccc2ccccc2c1.I. The zero-order valence-electron chi connectivity index (χ0n) is 6.95. The highest BCUT2D eigenvalue weighted by Gasteiger charge is 1.89. The molecule has 0 spiro atoms. The fourth-order valence-corrected chi connectivity index (χ4v) is 1.31. The molecule has 2 rings (SSSR count). The zero-order valence-corrected chi connectivity index (χ0v) is 9.28. The molecule has 0 nitrogen and oxygen atoms in total. The summed E-state index contributed by atoms with van der Waals surface area (Å²) in [6, 6.07) is 14.9. The van der Waals surface area contributed by atoms with Gasteiger partial charge in [-0.1, -0.05) is 48.0 Å². The highest BCUT2D eigenvalue weighted by molar-refractivity contribution is 14.0. The molecule has 0 saturated carbocycles. The van der Waals surface area contributed by atoms with Crippen LogP contribution < -0.4 is 0 Å². The van der Waals surface area contributed by atoms with Crippen LogP contribution in [0.2, 0.25) is 0 Å². The van der Waals surface area contributed by atoms with Crippen molar-refractivity contribution in [2.24, 2.45) is 0 Å². The van der Waals surface area contributed by atoms with Gasteiger partial charge in [0.2, 0.25) is 0 Å². The number of benzene rings is 2. The second kappa shape index (κ2) is 3.90. The molecule has 0 amide bonds. The fourth-order valence-electron chi connectivity index (χ4n) is 1.31. The minimum absolute atomic E-state index is 0. The first-order valence-electron chi connectivity index (χ1n) is 3.82. The molecule has 0 N–H and O–H groups in total. The van der Waals surface area contributed by atoms with Crippen molar-refractivity contribution < 1.29 is 0 Å². The molecule has 0 aromatic heterocycles. The van der Waals surface area contributed by atoms with Gasteiger partial charge in [-0.2, -0.15) is 0 Å². The summed E-state index contributed by atoms with van der Waals surface area (Å²) in [4.78, 5) is 0. The van der Waals surface area contributed by atoms with Gasteiger partial charge >= 0.3 is 0 Å². The molecule has 12 heavy (non-hydrogen) atoms. The van der Waals surface area contributed by atoms with Crippen LogP contribution >= 0.6 is 24.0 Å². The van der Waals surface area contributed by atoms with E-state index in [-0.39, 0.29) is 24.0 Å². The smallest absolute Gasteiger partial charge is 0.0181 e. The lowest BCUT2D eigenvalue weighted by molar-refractivity contribution is 1.51. The topological polar surface area (TPSA) is 0 Å². The molecule has 1 heteroatoms. The van der Waals surface area contributed by atoms with E-state index in [0.29, 0.717) is 0 Å². The number of halogens is 1. The average Bonchev–Trinajstić information content (AvgIpc) is 2.04. The Morgan fingerprint density at radius 2 is 1.50 bits per heavy atom. The molecular formula is C11H11I. The first-order valence-corrected chi connectivity index (χ1v) is 3.82. The van der Waals surface area contributed by atoms with Gasteiger partial charge in [-0.15, -0.1) is 24.0 Å². The number of hydrogen-bond donors (Lipinski definition) is 0. The van der Waals surface area contributed by atoms with Gasteiger partial charge in [-0.3, -0.25) is 0 Å². The molecule has 0 heterocycles. The Balaban J connectivity index is 0.000000720. The van der Waals surface area contributed by atoms with Crippen molar-refractivity contribution in [3.63, 3.8) is 0 Å². The van der Waals surface area contributed by atoms with Crippen LogP contribution in [0, 0.1) is 6.92 Å². The maximum absolute atomic E-state index is 2.20. The summed E-state index contributed by atoms with van der Waals surface area (Å²) in [5, 5.41) is 2.64. The third kappa shape index (κ3) is 1.78. The summed E-state index contributed by atoms with van der Waals surface area (Å²) < 4.78 is 0. The molecule has 0 radical (unpaired) electrons. The number of fused-ring (bicyclic) bond motifs is 1. The van der Waals surface area contributed by atoms with Crippen LogP contribution in [0.15, 0.2) is 42.5 Å². The van der Waals surface area contributed by atoms with Crippen molar-refractivity contribution in [3.8, 4) is 0 Å². The van der Waals surface area contributed by atoms with Gasteiger partial charge in [0.1, 0.15) is 0 Å². The predicted octanol–water partition coefficient (Wildman–Crippen LogP) is 3.77. The lowest BCUT2D eigenvalue weighted by atomic mass is 10.1. The van der Waals surface area contributed by atoms with Crippen molar-refractivity contribution in [2.75, 3.05) is 0 Å². The second-order valence-corrected chi connectivity index (χ2v) is 2.85. The van der Waals surface area contributed by atoms with E-state index < -0.39 is 0 Å². The van der Waals surface area contributed by atoms with E-state index in [9.17, 15) is 0 Å². The molecule has 0 fully saturated rings. The quantitative estimate of drug-likeness (QED) is 0.639. The van der Waals surface area contributed by atoms with E-state index in [1.807, 2.05) is 0 Å². The number of hydrogen-bond acceptors (Lipinski definition) is 0. The molecule has 0 aliphatic carbocycles. The third-order valence-corrected chi connectivity index (χ3v) is 1.90. The Bertz CT molecular complexity index is 379. The molecule has 62 valence electrons. The van der Waals surface area contributed by atoms with E-state index in [1.54, 1.807) is 0 Å². The highest BCUT2D eigenvalue weighted by Crippen LogP contribution is 2.14. The zero-order chi connectivity index (χ0) is 7.68. The Morgan fingerprint density at radius 3 is 2.25 bits per heavy atom. The monoisotopic (exact) mass is 270 g/mol. The Hall–Kier alpha value is -0.570. The van der Waals surface area contributed by atoms with Crippen LogP contribution in [0.1, 0.15) is 5.56 Å². The Morgan fingerprint density at radius 1 is 0.833 bits per heavy atom. The first kappa shape index (κ1) is 9.52. The summed E-state index contributed by atoms with van der Waals surface area (Å²) >= 11 is 0. The van der Waals surface area contributed by atoms with E-state index in [1.165, 1.54) is 16.3 Å². The van der Waals surface area contributed by atoms with Gasteiger partial charge < -0.3 is 0 Å². The van der Waals surface area contributed by atoms with Gasteiger partial charge in [0.25, 0.3) is 0 Å². The van der Waals surface area contributed by atoms with E-state index in [0.717, 1.165) is 0 Å². The number of rotatable bonds is 0. The van der Waals surface area contributed by atoms with Crippen LogP contribution in [0.4, 0.5) is 0 Å². The largest absolute Gasteiger partial charge is 0.107 e. The third-order valence-electron chi connectivity index (χ3n) is 1.90. The van der Waals surface area contributed by atoms with Gasteiger partial charge in [0.05, 0.1) is 0 Å². The summed E-state index contributed by atoms with van der Waals surface area (Å²) in [6.07, 6.45) is 0. The molecular weight excluding hydrogens is 259 g/mol. The maximum atomic E-state index is 2.20. The van der Waals surface area contributed by atoms with Crippen molar-refractivity contribution in [1.29, 1.82) is 0 Å². The van der Waals surface area contributed by atoms with Crippen molar-refractivity contribution in [1.82, 2.24) is 0 Å². The first-order chi connectivity index (χ1) is 5.36. The fraction of sp³-hybridized carbons (Fsp3) is 0.0909. The van der Waals surface area contributed by atoms with Gasteiger partial charge in [0.15, 0.2) is 0 Å². The lowest BCUT2D eigenvalue weighted by Crippen LogP contribution is -1.73. The molecule has 2 aromatic rings. The maximum Gasteiger partial charge on any atom is -0.0181 e. The van der Waals surface area contributed by atoms with Crippen LogP contribution in [0.25, 0.3) is 10.8 Å². The lowest BCUT2D eigenvalue weighted by Gasteiger charge is -1.96. The minimum Gasteiger partial charge on any atom is -0.107 e. The average molecular weight is 270 g/mol. The van der Waals surface area contributed by atoms with Crippen LogP contribution in [-0.2, 0) is 0 Å². The van der Waals surface area contributed by atoms with Gasteiger partial charge in [0, 0.05) is 0 Å². The summed E-state index contributed by atoms with van der Waals surface area (Å²) in [5.41, 5.74) is 1.32. The standard InChI is InChI=1S/C11H10.HI/c1-9-6-7-10-4-2-3-5-11(10)8-9;/h2-8H,1H3;1H. The molecule has 0 unspecified atom stereocenters. The predicted molar refractivity (Wildman–Crippen MR) is 64.1 cm³/mol. The molecule has 0 aliphatic heterocycles. The van der Waals surface area contributed by atoms with Crippen LogP contribution in [-0.4, -0.2) is 0 Å². The Kier molecular flexibility index (Phi) is 3.09. The molecule has 0 bridgehead atoms. The summed E-state index contributed by atoms with van der Waals surface area (Å²) in [7, 11) is 0. The Labute approximate surface area is 89.6 Å². The van der Waals surface area contributed by atoms with Gasteiger partial charge in [-0.05, 0) is 17.7 Å². The molecule has 0 aliphatic rings. The highest BCUT2D eigenvalue weighted by atomic mass is 127. The normalized spacial score (nSPS) is 9.42. The molecule has 2 aromatic carbocycles. The van der Waals surface area contributed by atoms with E-state index in [4.69, 9.17) is 0 Å². The van der Waals surface area contributed by atoms with Crippen LogP contribution in [0.5, 0.6) is 0 Å². The summed E-state index contributed by atoms with van der Waals surface area (Å²) in [6.45, 7) is 2.12. The minimum atomic E-state index is 0. The molecule has 0 saturated heterocycles. The number of aryl methyl sites for hydroxylation is 1. The second-order valence-electron chi connectivity index (χ2n) is 2.85.